The van der Waals surface area contributed by atoms with Gasteiger partial charge in [-0.1, -0.05) is 110 Å². The average molecular weight is 298 g/mol. The van der Waals surface area contributed by atoms with E-state index in [0.717, 1.165) is 5.57 Å². The molecular weight excluding hydrogens is 276 g/mol. The van der Waals surface area contributed by atoms with Crippen LogP contribution in [0, 0.1) is 0 Å². The SMILES string of the molecule is C=C(c1ccccc1)c1ccccc1.CC=Cc1ccccc1. The summed E-state index contributed by atoms with van der Waals surface area (Å²) in [6.45, 7) is 6.12. The second-order valence-corrected chi connectivity index (χ2v) is 5.12. The summed E-state index contributed by atoms with van der Waals surface area (Å²) in [5.74, 6) is 0. The van der Waals surface area contributed by atoms with Crippen molar-refractivity contribution in [3.63, 3.8) is 0 Å². The highest BCUT2D eigenvalue weighted by atomic mass is 14.0. The van der Waals surface area contributed by atoms with Gasteiger partial charge in [-0.05, 0) is 29.2 Å². The molecule has 3 aromatic rings. The number of allylic oxidation sites excluding steroid dienone is 1. The summed E-state index contributed by atoms with van der Waals surface area (Å²) in [5, 5.41) is 0. The lowest BCUT2D eigenvalue weighted by molar-refractivity contribution is 1.56. The molecule has 3 rings (SSSR count). The van der Waals surface area contributed by atoms with Gasteiger partial charge in [0.05, 0.1) is 0 Å². The van der Waals surface area contributed by atoms with E-state index in [4.69, 9.17) is 0 Å². The lowest BCUT2D eigenvalue weighted by atomic mass is 10.0. The zero-order valence-corrected chi connectivity index (χ0v) is 13.5. The number of hydrogen-bond acceptors (Lipinski definition) is 0. The minimum Gasteiger partial charge on any atom is -0.0906 e. The predicted octanol–water partition coefficient (Wildman–Crippen LogP) is 6.47. The van der Waals surface area contributed by atoms with Crippen molar-refractivity contribution in [3.8, 4) is 0 Å². The maximum absolute atomic E-state index is 4.10. The Morgan fingerprint density at radius 3 is 1.43 bits per heavy atom. The van der Waals surface area contributed by atoms with Crippen LogP contribution in [0.5, 0.6) is 0 Å². The normalized spacial score (nSPS) is 9.96. The summed E-state index contributed by atoms with van der Waals surface area (Å²) in [6.07, 6.45) is 4.12. The molecule has 0 fully saturated rings. The Hall–Kier alpha value is -2.86. The zero-order valence-electron chi connectivity index (χ0n) is 13.5. The maximum atomic E-state index is 4.10. The van der Waals surface area contributed by atoms with Gasteiger partial charge >= 0.3 is 0 Å². The summed E-state index contributed by atoms with van der Waals surface area (Å²) >= 11 is 0. The standard InChI is InChI=1S/C14H12.C9H10/c1-12(13-8-4-2-5-9-13)14-10-6-3-7-11-14;1-2-6-9-7-4-3-5-8-9/h2-11H,1H2;2-8H,1H3. The first-order chi connectivity index (χ1) is 11.3. The molecule has 0 radical (unpaired) electrons. The molecule has 0 heteroatoms. The van der Waals surface area contributed by atoms with E-state index in [1.807, 2.05) is 67.6 Å². The highest BCUT2D eigenvalue weighted by Crippen LogP contribution is 2.20. The van der Waals surface area contributed by atoms with E-state index >= 15 is 0 Å². The Bertz CT molecular complexity index is 681. The van der Waals surface area contributed by atoms with E-state index < -0.39 is 0 Å². The summed E-state index contributed by atoms with van der Waals surface area (Å²) in [5.41, 5.74) is 4.70. The number of benzene rings is 3. The minimum atomic E-state index is 1.08. The van der Waals surface area contributed by atoms with Crippen molar-refractivity contribution in [1.29, 1.82) is 0 Å². The molecule has 23 heavy (non-hydrogen) atoms. The molecule has 0 bridgehead atoms. The largest absolute Gasteiger partial charge is 0.0906 e. The lowest BCUT2D eigenvalue weighted by Gasteiger charge is -2.04. The van der Waals surface area contributed by atoms with Crippen LogP contribution in [-0.2, 0) is 0 Å². The quantitative estimate of drug-likeness (QED) is 0.520. The van der Waals surface area contributed by atoms with Crippen LogP contribution < -0.4 is 0 Å². The van der Waals surface area contributed by atoms with Crippen LogP contribution in [0.3, 0.4) is 0 Å². The maximum Gasteiger partial charge on any atom is -0.0183 e. The Kier molecular flexibility index (Phi) is 6.62. The molecule has 0 aliphatic rings. The first kappa shape index (κ1) is 16.5. The van der Waals surface area contributed by atoms with Crippen LogP contribution in [0.2, 0.25) is 0 Å². The Morgan fingerprint density at radius 2 is 1.04 bits per heavy atom. The fraction of sp³-hybridized carbons (Fsp3) is 0.0435. The monoisotopic (exact) mass is 298 g/mol. The summed E-state index contributed by atoms with van der Waals surface area (Å²) < 4.78 is 0. The highest BCUT2D eigenvalue weighted by Gasteiger charge is 1.99. The van der Waals surface area contributed by atoms with Gasteiger partial charge in [-0.3, -0.25) is 0 Å². The summed E-state index contributed by atoms with van der Waals surface area (Å²) in [4.78, 5) is 0. The van der Waals surface area contributed by atoms with Crippen LogP contribution in [0.1, 0.15) is 23.6 Å². The zero-order chi connectivity index (χ0) is 16.3. The van der Waals surface area contributed by atoms with E-state index in [1.165, 1.54) is 16.7 Å². The smallest absolute Gasteiger partial charge is 0.0183 e. The second-order valence-electron chi connectivity index (χ2n) is 5.12. The first-order valence-corrected chi connectivity index (χ1v) is 7.78. The topological polar surface area (TPSA) is 0 Å². The Labute approximate surface area is 139 Å². The van der Waals surface area contributed by atoms with E-state index in [0.29, 0.717) is 0 Å². The minimum absolute atomic E-state index is 1.08. The third-order valence-electron chi connectivity index (χ3n) is 3.40. The van der Waals surface area contributed by atoms with Crippen LogP contribution in [0.15, 0.2) is 104 Å². The molecule has 0 aliphatic heterocycles. The van der Waals surface area contributed by atoms with Gasteiger partial charge < -0.3 is 0 Å². The van der Waals surface area contributed by atoms with Crippen molar-refractivity contribution in [1.82, 2.24) is 0 Å². The average Bonchev–Trinajstić information content (AvgIpc) is 2.64. The molecule has 0 heterocycles. The van der Waals surface area contributed by atoms with Gasteiger partial charge in [0.25, 0.3) is 0 Å². The third kappa shape index (κ3) is 5.44. The van der Waals surface area contributed by atoms with Crippen molar-refractivity contribution in [2.24, 2.45) is 0 Å². The van der Waals surface area contributed by atoms with E-state index in [9.17, 15) is 0 Å². The molecule has 0 nitrogen and oxygen atoms in total. The van der Waals surface area contributed by atoms with Crippen molar-refractivity contribution >= 4 is 11.6 Å². The molecule has 0 saturated heterocycles. The summed E-state index contributed by atoms with van der Waals surface area (Å²) in [7, 11) is 0. The van der Waals surface area contributed by atoms with E-state index in [1.54, 1.807) is 0 Å². The van der Waals surface area contributed by atoms with Crippen LogP contribution >= 0.6 is 0 Å². The van der Waals surface area contributed by atoms with Gasteiger partial charge in [0.15, 0.2) is 0 Å². The number of rotatable bonds is 3. The van der Waals surface area contributed by atoms with Crippen LogP contribution in [0.25, 0.3) is 11.6 Å². The molecular formula is C23H22. The van der Waals surface area contributed by atoms with Crippen molar-refractivity contribution in [2.45, 2.75) is 6.92 Å². The molecule has 114 valence electrons. The van der Waals surface area contributed by atoms with Gasteiger partial charge in [0.2, 0.25) is 0 Å². The van der Waals surface area contributed by atoms with Crippen LogP contribution in [0.4, 0.5) is 0 Å². The van der Waals surface area contributed by atoms with Gasteiger partial charge in [-0.25, -0.2) is 0 Å². The molecule has 0 unspecified atom stereocenters. The molecule has 0 N–H and O–H groups in total. The Morgan fingerprint density at radius 1 is 0.652 bits per heavy atom. The molecule has 0 aromatic heterocycles. The Balaban J connectivity index is 0.000000185. The van der Waals surface area contributed by atoms with Gasteiger partial charge in [0, 0.05) is 0 Å². The molecule has 0 spiro atoms. The first-order valence-electron chi connectivity index (χ1n) is 7.78. The van der Waals surface area contributed by atoms with Gasteiger partial charge in [0.1, 0.15) is 0 Å². The molecule has 0 atom stereocenters. The fourth-order valence-corrected chi connectivity index (χ4v) is 2.20. The van der Waals surface area contributed by atoms with Gasteiger partial charge in [-0.2, -0.15) is 0 Å². The van der Waals surface area contributed by atoms with Gasteiger partial charge in [-0.15, -0.1) is 0 Å². The fourth-order valence-electron chi connectivity index (χ4n) is 2.20. The molecule has 3 aromatic carbocycles. The second kappa shape index (κ2) is 9.22. The third-order valence-corrected chi connectivity index (χ3v) is 3.40. The van der Waals surface area contributed by atoms with Crippen molar-refractivity contribution < 1.29 is 0 Å². The summed E-state index contributed by atoms with van der Waals surface area (Å²) in [6, 6.07) is 30.7. The van der Waals surface area contributed by atoms with Crippen molar-refractivity contribution in [3.05, 3.63) is 120 Å². The van der Waals surface area contributed by atoms with E-state index in [2.05, 4.69) is 49.1 Å². The van der Waals surface area contributed by atoms with Crippen molar-refractivity contribution in [2.75, 3.05) is 0 Å². The molecule has 0 amide bonds. The lowest BCUT2D eigenvalue weighted by Crippen LogP contribution is -1.84. The number of hydrogen-bond donors (Lipinski definition) is 0. The predicted molar refractivity (Wildman–Crippen MR) is 102 cm³/mol. The molecule has 0 saturated carbocycles. The van der Waals surface area contributed by atoms with E-state index in [-0.39, 0.29) is 0 Å². The molecule has 0 aliphatic carbocycles. The van der Waals surface area contributed by atoms with Crippen LogP contribution in [-0.4, -0.2) is 0 Å². The highest BCUT2D eigenvalue weighted by molar-refractivity contribution is 5.77.